The van der Waals surface area contributed by atoms with E-state index in [1.807, 2.05) is 0 Å². The van der Waals surface area contributed by atoms with Crippen LogP contribution in [-0.2, 0) is 17.5 Å². The molecule has 8 nitrogen and oxygen atoms in total. The predicted molar refractivity (Wildman–Crippen MR) is 131 cm³/mol. The van der Waals surface area contributed by atoms with Gasteiger partial charge in [-0.05, 0) is 68.6 Å². The van der Waals surface area contributed by atoms with Crippen LogP contribution in [0.1, 0.15) is 77.6 Å². The van der Waals surface area contributed by atoms with Crippen LogP contribution in [0.5, 0.6) is 0 Å². The first-order valence-corrected chi connectivity index (χ1v) is 12.7. The maximum absolute atomic E-state index is 13.6. The Morgan fingerprint density at radius 2 is 1.67 bits per heavy atom. The largest absolute Gasteiger partial charge is 0.419 e. The standard InChI is InChI=1S/C27H27F4N5O3/c1-16(37)26-8-5-25(6-9-26,7-10-26)15-33-24(39)21-13-20(35-22-4-11-34-36(21)22)23(38)32-14-17-2-3-19(28)18(12-17)27(29,30)31/h2-4,11-13H,5-10,14-15H2,1H3,(H,32,38)(H,33,39). The minimum Gasteiger partial charge on any atom is -0.350 e. The maximum Gasteiger partial charge on any atom is 0.419 e. The number of alkyl halides is 3. The first-order valence-electron chi connectivity index (χ1n) is 12.7. The van der Waals surface area contributed by atoms with E-state index in [0.29, 0.717) is 18.7 Å². The van der Waals surface area contributed by atoms with Gasteiger partial charge in [-0.1, -0.05) is 6.07 Å². The van der Waals surface area contributed by atoms with Crippen molar-refractivity contribution in [2.24, 2.45) is 10.8 Å². The molecule has 12 heteroatoms. The van der Waals surface area contributed by atoms with Crippen LogP contribution in [0.25, 0.3) is 5.65 Å². The van der Waals surface area contributed by atoms with E-state index >= 15 is 0 Å². The first-order chi connectivity index (χ1) is 18.4. The number of Topliss-reactive ketones (excluding diaryl/α,β-unsaturated/α-hetero) is 1. The SMILES string of the molecule is CC(=O)C12CCC(CNC(=O)c3cc(C(=O)NCc4ccc(F)c(C(F)(F)F)c4)nc4ccnn34)(CC1)CC2. The fourth-order valence-corrected chi connectivity index (χ4v) is 5.78. The van der Waals surface area contributed by atoms with Crippen LogP contribution in [0.2, 0.25) is 0 Å². The summed E-state index contributed by atoms with van der Waals surface area (Å²) in [6, 6.07) is 5.27. The number of hydrogen-bond donors (Lipinski definition) is 2. The maximum atomic E-state index is 13.6. The number of fused-ring (bicyclic) bond motifs is 4. The highest BCUT2D eigenvalue weighted by atomic mass is 19.4. The molecule has 0 aliphatic heterocycles. The van der Waals surface area contributed by atoms with E-state index in [1.165, 1.54) is 22.8 Å². The monoisotopic (exact) mass is 545 g/mol. The van der Waals surface area contributed by atoms with Gasteiger partial charge < -0.3 is 10.6 Å². The van der Waals surface area contributed by atoms with Crippen molar-refractivity contribution >= 4 is 23.2 Å². The van der Waals surface area contributed by atoms with Gasteiger partial charge in [0.1, 0.15) is 23.0 Å². The third kappa shape index (κ3) is 5.11. The molecule has 0 unspecified atom stereocenters. The van der Waals surface area contributed by atoms with Crippen LogP contribution in [0.15, 0.2) is 36.5 Å². The Kier molecular flexibility index (Phi) is 6.68. The number of nitrogens with one attached hydrogen (secondary N) is 2. The summed E-state index contributed by atoms with van der Waals surface area (Å²) in [5.74, 6) is -2.33. The number of carbonyl (C=O) groups excluding carboxylic acids is 3. The zero-order chi connectivity index (χ0) is 28.0. The number of hydrogen-bond acceptors (Lipinski definition) is 5. The summed E-state index contributed by atoms with van der Waals surface area (Å²) in [6.07, 6.45) is 1.58. The topological polar surface area (TPSA) is 105 Å². The van der Waals surface area contributed by atoms with Gasteiger partial charge in [0, 0.05) is 30.6 Å². The highest BCUT2D eigenvalue weighted by molar-refractivity contribution is 5.98. The molecule has 3 aliphatic rings. The zero-order valence-electron chi connectivity index (χ0n) is 21.2. The van der Waals surface area contributed by atoms with Crippen molar-refractivity contribution < 1.29 is 31.9 Å². The lowest BCUT2D eigenvalue weighted by Gasteiger charge is -2.52. The van der Waals surface area contributed by atoms with Crippen LogP contribution in [-0.4, -0.2) is 38.7 Å². The molecule has 6 rings (SSSR count). The van der Waals surface area contributed by atoms with Crippen LogP contribution in [0.4, 0.5) is 17.6 Å². The molecule has 3 aliphatic carbocycles. The van der Waals surface area contributed by atoms with Crippen molar-refractivity contribution in [3.63, 3.8) is 0 Å². The zero-order valence-corrected chi connectivity index (χ0v) is 21.2. The van der Waals surface area contributed by atoms with Gasteiger partial charge in [0.05, 0.1) is 11.8 Å². The molecule has 2 aromatic heterocycles. The molecule has 3 saturated carbocycles. The van der Waals surface area contributed by atoms with Crippen LogP contribution < -0.4 is 10.6 Å². The van der Waals surface area contributed by atoms with Crippen molar-refractivity contribution in [2.75, 3.05) is 6.54 Å². The van der Waals surface area contributed by atoms with Crippen LogP contribution in [0, 0.1) is 16.6 Å². The highest BCUT2D eigenvalue weighted by Gasteiger charge is 2.50. The second-order valence-corrected chi connectivity index (χ2v) is 10.6. The summed E-state index contributed by atoms with van der Waals surface area (Å²) in [4.78, 5) is 42.4. The Balaban J connectivity index is 1.29. The van der Waals surface area contributed by atoms with Gasteiger partial charge >= 0.3 is 6.18 Å². The number of carbonyl (C=O) groups is 3. The summed E-state index contributed by atoms with van der Waals surface area (Å²) in [7, 11) is 0. The molecule has 2 bridgehead atoms. The minimum absolute atomic E-state index is 0.0495. The molecule has 3 fully saturated rings. The fraction of sp³-hybridized carbons (Fsp3) is 0.444. The van der Waals surface area contributed by atoms with Crippen LogP contribution in [0.3, 0.4) is 0 Å². The Bertz CT molecular complexity index is 1440. The second-order valence-electron chi connectivity index (χ2n) is 10.6. The van der Waals surface area contributed by atoms with Gasteiger partial charge in [0.2, 0.25) is 0 Å². The van der Waals surface area contributed by atoms with Gasteiger partial charge in [-0.15, -0.1) is 0 Å². The summed E-state index contributed by atoms with van der Waals surface area (Å²) in [6.45, 7) is 1.78. The van der Waals surface area contributed by atoms with Crippen molar-refractivity contribution in [1.29, 1.82) is 0 Å². The molecular weight excluding hydrogens is 518 g/mol. The number of ketones is 1. The van der Waals surface area contributed by atoms with Gasteiger partial charge in [0.25, 0.3) is 11.8 Å². The quantitative estimate of drug-likeness (QED) is 0.426. The van der Waals surface area contributed by atoms with Gasteiger partial charge in [-0.25, -0.2) is 13.9 Å². The number of aromatic nitrogens is 3. The average molecular weight is 546 g/mol. The predicted octanol–water partition coefficient (Wildman–Crippen LogP) is 4.48. The molecule has 1 aromatic carbocycles. The summed E-state index contributed by atoms with van der Waals surface area (Å²) < 4.78 is 53.9. The van der Waals surface area contributed by atoms with Crippen LogP contribution >= 0.6 is 0 Å². The lowest BCUT2D eigenvalue weighted by molar-refractivity contribution is -0.140. The molecule has 2 amide bonds. The molecule has 0 atom stereocenters. The van der Waals surface area contributed by atoms with Crippen molar-refractivity contribution in [3.05, 3.63) is 64.9 Å². The normalized spacial score (nSPS) is 22.6. The first kappa shape index (κ1) is 26.8. The molecule has 2 heterocycles. The van der Waals surface area contributed by atoms with E-state index in [-0.39, 0.29) is 45.8 Å². The Morgan fingerprint density at radius 3 is 2.31 bits per heavy atom. The second kappa shape index (κ2) is 9.73. The highest BCUT2D eigenvalue weighted by Crippen LogP contribution is 2.56. The number of nitrogens with zero attached hydrogens (tertiary/aromatic N) is 3. The number of amides is 2. The third-order valence-corrected chi connectivity index (χ3v) is 8.39. The molecule has 39 heavy (non-hydrogen) atoms. The molecular formula is C27H27F4N5O3. The molecule has 3 aromatic rings. The molecule has 0 saturated heterocycles. The lowest BCUT2D eigenvalue weighted by Crippen LogP contribution is -2.49. The van der Waals surface area contributed by atoms with E-state index in [9.17, 15) is 31.9 Å². The Hall–Kier alpha value is -3.83. The van der Waals surface area contributed by atoms with Gasteiger partial charge in [0.15, 0.2) is 5.65 Å². The molecule has 0 radical (unpaired) electrons. The van der Waals surface area contributed by atoms with E-state index in [1.54, 1.807) is 6.92 Å². The smallest absolute Gasteiger partial charge is 0.350 e. The Labute approximate surface area is 221 Å². The van der Waals surface area contributed by atoms with E-state index < -0.39 is 29.4 Å². The summed E-state index contributed by atoms with van der Waals surface area (Å²) in [5.41, 5.74) is -1.46. The van der Waals surface area contributed by atoms with Gasteiger partial charge in [-0.2, -0.15) is 18.3 Å². The van der Waals surface area contributed by atoms with E-state index in [0.717, 1.165) is 44.6 Å². The fourth-order valence-electron chi connectivity index (χ4n) is 5.78. The minimum atomic E-state index is -4.87. The molecule has 0 spiro atoms. The van der Waals surface area contributed by atoms with Crippen molar-refractivity contribution in [1.82, 2.24) is 25.2 Å². The average Bonchev–Trinajstić information content (AvgIpc) is 3.40. The van der Waals surface area contributed by atoms with E-state index in [2.05, 4.69) is 20.7 Å². The lowest BCUT2D eigenvalue weighted by atomic mass is 9.52. The number of benzene rings is 1. The summed E-state index contributed by atoms with van der Waals surface area (Å²) >= 11 is 0. The molecule has 2 N–H and O–H groups in total. The van der Waals surface area contributed by atoms with Crippen molar-refractivity contribution in [2.45, 2.75) is 58.2 Å². The summed E-state index contributed by atoms with van der Waals surface area (Å²) in [5, 5.41) is 9.57. The Morgan fingerprint density at radius 1 is 0.974 bits per heavy atom. The van der Waals surface area contributed by atoms with E-state index in [4.69, 9.17) is 0 Å². The van der Waals surface area contributed by atoms with Crippen molar-refractivity contribution in [3.8, 4) is 0 Å². The van der Waals surface area contributed by atoms with Gasteiger partial charge in [-0.3, -0.25) is 14.4 Å². The molecule has 206 valence electrons. The third-order valence-electron chi connectivity index (χ3n) is 8.39. The number of halogens is 4. The number of rotatable bonds is 7.